The molecule has 2 aromatic heterocycles. The zero-order chi connectivity index (χ0) is 13.1. The van der Waals surface area contributed by atoms with Gasteiger partial charge in [0, 0.05) is 18.0 Å². The summed E-state index contributed by atoms with van der Waals surface area (Å²) in [5, 5.41) is 8.14. The first-order chi connectivity index (χ1) is 9.31. The van der Waals surface area contributed by atoms with Crippen molar-refractivity contribution >= 4 is 0 Å². The molecule has 2 heterocycles. The minimum absolute atomic E-state index is 0.532. The average Bonchev–Trinajstić information content (AvgIpc) is 2.88. The van der Waals surface area contributed by atoms with E-state index in [1.54, 1.807) is 12.4 Å². The standard InChI is InChI=1S/C15H13N3O/c1-11-3-2-4-12(9-11)10-14-17-18-15(19-14)13-5-7-16-8-6-13/h2-9H,10H2,1H3. The smallest absolute Gasteiger partial charge is 0.247 e. The van der Waals surface area contributed by atoms with Crippen molar-refractivity contribution in [3.8, 4) is 11.5 Å². The normalized spacial score (nSPS) is 10.6. The Morgan fingerprint density at radius 2 is 1.89 bits per heavy atom. The van der Waals surface area contributed by atoms with Gasteiger partial charge in [-0.15, -0.1) is 10.2 Å². The van der Waals surface area contributed by atoms with Gasteiger partial charge in [-0.3, -0.25) is 4.98 Å². The first-order valence-electron chi connectivity index (χ1n) is 6.09. The number of benzene rings is 1. The van der Waals surface area contributed by atoms with E-state index in [-0.39, 0.29) is 0 Å². The number of aromatic nitrogens is 3. The maximum atomic E-state index is 5.66. The van der Waals surface area contributed by atoms with E-state index in [4.69, 9.17) is 4.42 Å². The molecule has 0 saturated heterocycles. The first-order valence-corrected chi connectivity index (χ1v) is 6.09. The second kappa shape index (κ2) is 5.02. The van der Waals surface area contributed by atoms with Gasteiger partial charge in [-0.05, 0) is 24.6 Å². The third kappa shape index (κ3) is 2.68. The summed E-state index contributed by atoms with van der Waals surface area (Å²) in [7, 11) is 0. The number of hydrogen-bond donors (Lipinski definition) is 0. The summed E-state index contributed by atoms with van der Waals surface area (Å²) in [6.45, 7) is 2.07. The number of rotatable bonds is 3. The SMILES string of the molecule is Cc1cccc(Cc2nnc(-c3ccncc3)o2)c1. The van der Waals surface area contributed by atoms with Crippen LogP contribution in [0.15, 0.2) is 53.2 Å². The molecule has 0 fully saturated rings. The monoisotopic (exact) mass is 251 g/mol. The second-order valence-electron chi connectivity index (χ2n) is 4.40. The Morgan fingerprint density at radius 3 is 2.68 bits per heavy atom. The number of pyridine rings is 1. The predicted octanol–water partition coefficient (Wildman–Crippen LogP) is 3.03. The Labute approximate surface area is 111 Å². The molecular formula is C15H13N3O. The van der Waals surface area contributed by atoms with Gasteiger partial charge in [0.15, 0.2) is 0 Å². The van der Waals surface area contributed by atoms with Crippen molar-refractivity contribution in [3.63, 3.8) is 0 Å². The number of nitrogens with zero attached hydrogens (tertiary/aromatic N) is 3. The van der Waals surface area contributed by atoms with Gasteiger partial charge >= 0.3 is 0 Å². The summed E-state index contributed by atoms with van der Waals surface area (Å²) in [5.74, 6) is 1.16. The van der Waals surface area contributed by atoms with Crippen molar-refractivity contribution < 1.29 is 4.42 Å². The van der Waals surface area contributed by atoms with E-state index in [9.17, 15) is 0 Å². The van der Waals surface area contributed by atoms with Crippen molar-refractivity contribution in [2.45, 2.75) is 13.3 Å². The summed E-state index contributed by atoms with van der Waals surface area (Å²) >= 11 is 0. The van der Waals surface area contributed by atoms with E-state index in [1.165, 1.54) is 11.1 Å². The molecule has 3 rings (SSSR count). The molecule has 0 radical (unpaired) electrons. The van der Waals surface area contributed by atoms with Crippen LogP contribution in [0.5, 0.6) is 0 Å². The Morgan fingerprint density at radius 1 is 1.05 bits per heavy atom. The Kier molecular flexibility index (Phi) is 3.06. The Balaban J connectivity index is 1.82. The Hall–Kier alpha value is -2.49. The molecule has 0 unspecified atom stereocenters. The van der Waals surface area contributed by atoms with Gasteiger partial charge in [-0.25, -0.2) is 0 Å². The molecular weight excluding hydrogens is 238 g/mol. The lowest BCUT2D eigenvalue weighted by Crippen LogP contribution is -1.88. The van der Waals surface area contributed by atoms with Gasteiger partial charge in [-0.2, -0.15) is 0 Å². The van der Waals surface area contributed by atoms with E-state index >= 15 is 0 Å². The van der Waals surface area contributed by atoms with E-state index in [0.29, 0.717) is 18.2 Å². The van der Waals surface area contributed by atoms with Crippen LogP contribution in [0.3, 0.4) is 0 Å². The van der Waals surface area contributed by atoms with Crippen molar-refractivity contribution in [1.82, 2.24) is 15.2 Å². The Bertz CT molecular complexity index is 677. The van der Waals surface area contributed by atoms with Gasteiger partial charge < -0.3 is 4.42 Å². The number of aryl methyl sites for hydroxylation is 1. The van der Waals surface area contributed by atoms with Crippen LogP contribution in [0, 0.1) is 6.92 Å². The maximum absolute atomic E-state index is 5.66. The van der Waals surface area contributed by atoms with Crippen LogP contribution >= 0.6 is 0 Å². The molecule has 0 amide bonds. The molecule has 0 atom stereocenters. The largest absolute Gasteiger partial charge is 0.420 e. The quantitative estimate of drug-likeness (QED) is 0.718. The van der Waals surface area contributed by atoms with E-state index in [2.05, 4.69) is 40.3 Å². The van der Waals surface area contributed by atoms with E-state index < -0.39 is 0 Å². The molecule has 0 spiro atoms. The summed E-state index contributed by atoms with van der Waals surface area (Å²) < 4.78 is 5.66. The lowest BCUT2D eigenvalue weighted by Gasteiger charge is -1.98. The predicted molar refractivity (Wildman–Crippen MR) is 71.5 cm³/mol. The fourth-order valence-electron chi connectivity index (χ4n) is 1.93. The fraction of sp³-hybridized carbons (Fsp3) is 0.133. The highest BCUT2D eigenvalue weighted by Gasteiger charge is 2.08. The third-order valence-corrected chi connectivity index (χ3v) is 2.83. The van der Waals surface area contributed by atoms with E-state index in [0.717, 1.165) is 5.56 Å². The van der Waals surface area contributed by atoms with Crippen LogP contribution in [-0.4, -0.2) is 15.2 Å². The van der Waals surface area contributed by atoms with Gasteiger partial charge in [0.05, 0.1) is 6.42 Å². The molecule has 0 saturated carbocycles. The summed E-state index contributed by atoms with van der Waals surface area (Å²) in [5.41, 5.74) is 3.29. The topological polar surface area (TPSA) is 51.8 Å². The lowest BCUT2D eigenvalue weighted by molar-refractivity contribution is 0.518. The highest BCUT2D eigenvalue weighted by molar-refractivity contribution is 5.50. The fourth-order valence-corrected chi connectivity index (χ4v) is 1.93. The molecule has 4 heteroatoms. The molecule has 0 aliphatic carbocycles. The third-order valence-electron chi connectivity index (χ3n) is 2.83. The molecule has 4 nitrogen and oxygen atoms in total. The molecule has 0 aliphatic heterocycles. The minimum atomic E-state index is 0.532. The molecule has 0 N–H and O–H groups in total. The molecule has 94 valence electrons. The van der Waals surface area contributed by atoms with E-state index in [1.807, 2.05) is 18.2 Å². The first kappa shape index (κ1) is 11.6. The maximum Gasteiger partial charge on any atom is 0.247 e. The minimum Gasteiger partial charge on any atom is -0.420 e. The van der Waals surface area contributed by atoms with Crippen molar-refractivity contribution in [1.29, 1.82) is 0 Å². The van der Waals surface area contributed by atoms with Crippen molar-refractivity contribution in [2.24, 2.45) is 0 Å². The van der Waals surface area contributed by atoms with Gasteiger partial charge in [0.2, 0.25) is 11.8 Å². The summed E-state index contributed by atoms with van der Waals surface area (Å²) in [6.07, 6.45) is 4.07. The van der Waals surface area contributed by atoms with Crippen LogP contribution in [0.4, 0.5) is 0 Å². The average molecular weight is 251 g/mol. The second-order valence-corrected chi connectivity index (χ2v) is 4.40. The van der Waals surface area contributed by atoms with Gasteiger partial charge in [0.25, 0.3) is 0 Å². The zero-order valence-electron chi connectivity index (χ0n) is 10.6. The molecule has 0 bridgehead atoms. The highest BCUT2D eigenvalue weighted by Crippen LogP contribution is 2.18. The highest BCUT2D eigenvalue weighted by atomic mass is 16.4. The molecule has 1 aromatic carbocycles. The molecule has 19 heavy (non-hydrogen) atoms. The van der Waals surface area contributed by atoms with Crippen LogP contribution in [0.1, 0.15) is 17.0 Å². The summed E-state index contributed by atoms with van der Waals surface area (Å²) in [6, 6.07) is 12.0. The van der Waals surface area contributed by atoms with Crippen molar-refractivity contribution in [3.05, 3.63) is 65.8 Å². The van der Waals surface area contributed by atoms with Crippen LogP contribution in [0.25, 0.3) is 11.5 Å². The lowest BCUT2D eigenvalue weighted by atomic mass is 10.1. The van der Waals surface area contributed by atoms with Gasteiger partial charge in [0.1, 0.15) is 0 Å². The number of hydrogen-bond acceptors (Lipinski definition) is 4. The van der Waals surface area contributed by atoms with Crippen LogP contribution < -0.4 is 0 Å². The molecule has 3 aromatic rings. The zero-order valence-corrected chi connectivity index (χ0v) is 10.6. The van der Waals surface area contributed by atoms with Crippen molar-refractivity contribution in [2.75, 3.05) is 0 Å². The van der Waals surface area contributed by atoms with Gasteiger partial charge in [-0.1, -0.05) is 29.8 Å². The summed E-state index contributed by atoms with van der Waals surface area (Å²) in [4.78, 5) is 3.97. The van der Waals surface area contributed by atoms with Crippen LogP contribution in [-0.2, 0) is 6.42 Å². The molecule has 0 aliphatic rings. The van der Waals surface area contributed by atoms with Crippen LogP contribution in [0.2, 0.25) is 0 Å².